The van der Waals surface area contributed by atoms with Crippen molar-refractivity contribution in [3.63, 3.8) is 0 Å². The number of hydrogen-bond donors (Lipinski definition) is 2. The Labute approximate surface area is 113 Å². The van der Waals surface area contributed by atoms with Crippen LogP contribution in [0.4, 0.5) is 0 Å². The molecule has 1 fully saturated rings. The van der Waals surface area contributed by atoms with Crippen molar-refractivity contribution in [2.75, 3.05) is 0 Å². The first-order valence-electron chi connectivity index (χ1n) is 5.50. The number of nitrogens with one attached hydrogen (secondary N) is 1. The molecule has 2 rings (SSSR count). The van der Waals surface area contributed by atoms with Gasteiger partial charge in [0.05, 0.1) is 6.10 Å². The second-order valence-electron chi connectivity index (χ2n) is 4.22. The summed E-state index contributed by atoms with van der Waals surface area (Å²) >= 11 is 11.0. The monoisotopic (exact) mass is 323 g/mol. The molecule has 1 heterocycles. The molecule has 5 heteroatoms. The maximum absolute atomic E-state index is 9.40. The average molecular weight is 325 g/mol. The van der Waals surface area contributed by atoms with Gasteiger partial charge in [-0.25, -0.2) is 0 Å². The number of halogens is 2. The van der Waals surface area contributed by atoms with Crippen LogP contribution in [0.5, 0.6) is 0 Å². The number of aliphatic hydroxyl groups excluding tert-OH is 1. The molecule has 0 saturated heterocycles. The van der Waals surface area contributed by atoms with Crippen molar-refractivity contribution in [3.8, 4) is 0 Å². The summed E-state index contributed by atoms with van der Waals surface area (Å²) < 4.78 is 1.80. The number of aliphatic hydroxyl groups is 1. The van der Waals surface area contributed by atoms with Crippen LogP contribution >= 0.6 is 38.9 Å². The SMILES string of the molecule is OC1CCC(NCc2cc(Br)c(Cl)s2)CC1. The molecule has 1 saturated carbocycles. The molecule has 0 atom stereocenters. The van der Waals surface area contributed by atoms with Gasteiger partial charge in [0, 0.05) is 21.9 Å². The fourth-order valence-corrected chi connectivity index (χ4v) is 3.74. The van der Waals surface area contributed by atoms with E-state index in [1.54, 1.807) is 11.3 Å². The van der Waals surface area contributed by atoms with Gasteiger partial charge in [-0.3, -0.25) is 0 Å². The van der Waals surface area contributed by atoms with Crippen molar-refractivity contribution >= 4 is 38.9 Å². The van der Waals surface area contributed by atoms with E-state index in [9.17, 15) is 5.11 Å². The van der Waals surface area contributed by atoms with Crippen LogP contribution < -0.4 is 5.32 Å². The molecule has 0 unspecified atom stereocenters. The normalized spacial score (nSPS) is 25.9. The Bertz CT molecular complexity index is 330. The van der Waals surface area contributed by atoms with E-state index in [0.717, 1.165) is 41.0 Å². The molecule has 2 N–H and O–H groups in total. The van der Waals surface area contributed by atoms with E-state index in [-0.39, 0.29) is 6.10 Å². The Morgan fingerprint density at radius 3 is 2.69 bits per heavy atom. The van der Waals surface area contributed by atoms with Crippen LogP contribution in [0.3, 0.4) is 0 Å². The van der Waals surface area contributed by atoms with Crippen LogP contribution in [0.1, 0.15) is 30.6 Å². The zero-order valence-corrected chi connectivity index (χ0v) is 12.0. The zero-order valence-electron chi connectivity index (χ0n) is 8.88. The van der Waals surface area contributed by atoms with Gasteiger partial charge in [-0.1, -0.05) is 11.6 Å². The molecule has 1 aliphatic carbocycles. The van der Waals surface area contributed by atoms with Crippen molar-refractivity contribution in [2.45, 2.75) is 44.4 Å². The molecule has 16 heavy (non-hydrogen) atoms. The Kier molecular flexibility index (Phi) is 4.67. The highest BCUT2D eigenvalue weighted by Crippen LogP contribution is 2.32. The van der Waals surface area contributed by atoms with Crippen molar-refractivity contribution in [3.05, 3.63) is 19.8 Å². The predicted octanol–water partition coefficient (Wildman–Crippen LogP) is 3.56. The first kappa shape index (κ1) is 12.8. The topological polar surface area (TPSA) is 32.3 Å². The van der Waals surface area contributed by atoms with E-state index < -0.39 is 0 Å². The zero-order chi connectivity index (χ0) is 11.5. The fourth-order valence-electron chi connectivity index (χ4n) is 2.00. The maximum Gasteiger partial charge on any atom is 0.107 e. The standard InChI is InChI=1S/C11H15BrClNOS/c12-10-5-9(16-11(10)13)6-14-7-1-3-8(15)4-2-7/h5,7-8,14-15H,1-4,6H2. The quantitative estimate of drug-likeness (QED) is 0.891. The first-order chi connectivity index (χ1) is 7.65. The van der Waals surface area contributed by atoms with Gasteiger partial charge in [0.15, 0.2) is 0 Å². The second-order valence-corrected chi connectivity index (χ2v) is 6.81. The highest BCUT2D eigenvalue weighted by Gasteiger charge is 2.18. The minimum Gasteiger partial charge on any atom is -0.393 e. The largest absolute Gasteiger partial charge is 0.393 e. The van der Waals surface area contributed by atoms with Crippen molar-refractivity contribution in [2.24, 2.45) is 0 Å². The molecule has 90 valence electrons. The van der Waals surface area contributed by atoms with Crippen LogP contribution in [-0.2, 0) is 6.54 Å². The average Bonchev–Trinajstić information content (AvgIpc) is 2.58. The summed E-state index contributed by atoms with van der Waals surface area (Å²) in [5.74, 6) is 0. The summed E-state index contributed by atoms with van der Waals surface area (Å²) in [5, 5.41) is 12.9. The molecule has 0 spiro atoms. The van der Waals surface area contributed by atoms with Gasteiger partial charge in [0.2, 0.25) is 0 Å². The Balaban J connectivity index is 1.79. The van der Waals surface area contributed by atoms with Crippen LogP contribution in [0.25, 0.3) is 0 Å². The molecule has 0 aliphatic heterocycles. The van der Waals surface area contributed by atoms with Gasteiger partial charge < -0.3 is 10.4 Å². The fraction of sp³-hybridized carbons (Fsp3) is 0.636. The van der Waals surface area contributed by atoms with E-state index in [0.29, 0.717) is 6.04 Å². The lowest BCUT2D eigenvalue weighted by Crippen LogP contribution is -2.33. The minimum absolute atomic E-state index is 0.0802. The Hall–Kier alpha value is 0.390. The van der Waals surface area contributed by atoms with Gasteiger partial charge >= 0.3 is 0 Å². The van der Waals surface area contributed by atoms with Crippen LogP contribution in [0, 0.1) is 0 Å². The Morgan fingerprint density at radius 2 is 2.12 bits per heavy atom. The highest BCUT2D eigenvalue weighted by atomic mass is 79.9. The van der Waals surface area contributed by atoms with Crippen LogP contribution in [-0.4, -0.2) is 17.3 Å². The lowest BCUT2D eigenvalue weighted by atomic mass is 9.93. The number of thiophene rings is 1. The molecule has 1 aromatic heterocycles. The summed E-state index contributed by atoms with van der Waals surface area (Å²) in [7, 11) is 0. The summed E-state index contributed by atoms with van der Waals surface area (Å²) in [6, 6.07) is 2.61. The van der Waals surface area contributed by atoms with Gasteiger partial charge in [-0.05, 0) is 47.7 Å². The molecule has 0 aromatic carbocycles. The molecule has 1 aliphatic rings. The van der Waals surface area contributed by atoms with Gasteiger partial charge in [0.1, 0.15) is 4.34 Å². The number of hydrogen-bond acceptors (Lipinski definition) is 3. The number of rotatable bonds is 3. The summed E-state index contributed by atoms with van der Waals surface area (Å²) in [6.07, 6.45) is 3.91. The highest BCUT2D eigenvalue weighted by molar-refractivity contribution is 9.10. The molecule has 1 aromatic rings. The molecule has 2 nitrogen and oxygen atoms in total. The lowest BCUT2D eigenvalue weighted by molar-refractivity contribution is 0.116. The first-order valence-corrected chi connectivity index (χ1v) is 7.49. The third kappa shape index (κ3) is 3.44. The van der Waals surface area contributed by atoms with E-state index in [2.05, 4.69) is 27.3 Å². The van der Waals surface area contributed by atoms with Gasteiger partial charge in [-0.15, -0.1) is 11.3 Å². The molecule has 0 bridgehead atoms. The van der Waals surface area contributed by atoms with Crippen molar-refractivity contribution < 1.29 is 5.11 Å². The Morgan fingerprint density at radius 1 is 1.44 bits per heavy atom. The summed E-state index contributed by atoms with van der Waals surface area (Å²) in [4.78, 5) is 1.25. The maximum atomic E-state index is 9.40. The lowest BCUT2D eigenvalue weighted by Gasteiger charge is -2.26. The molecule has 0 amide bonds. The summed E-state index contributed by atoms with van der Waals surface area (Å²) in [6.45, 7) is 0.872. The van der Waals surface area contributed by atoms with Crippen molar-refractivity contribution in [1.29, 1.82) is 0 Å². The van der Waals surface area contributed by atoms with Gasteiger partial charge in [0.25, 0.3) is 0 Å². The third-order valence-corrected chi connectivity index (χ3v) is 5.43. The molecule has 0 radical (unpaired) electrons. The van der Waals surface area contributed by atoms with E-state index in [1.807, 2.05) is 0 Å². The van der Waals surface area contributed by atoms with Gasteiger partial charge in [-0.2, -0.15) is 0 Å². The molecular weight excluding hydrogens is 310 g/mol. The minimum atomic E-state index is -0.0802. The van der Waals surface area contributed by atoms with Crippen LogP contribution in [0.15, 0.2) is 10.5 Å². The smallest absolute Gasteiger partial charge is 0.107 e. The van der Waals surface area contributed by atoms with E-state index in [1.165, 1.54) is 4.88 Å². The van der Waals surface area contributed by atoms with E-state index in [4.69, 9.17) is 11.6 Å². The molecular formula is C11H15BrClNOS. The third-order valence-electron chi connectivity index (χ3n) is 2.96. The van der Waals surface area contributed by atoms with Crippen LogP contribution in [0.2, 0.25) is 4.34 Å². The van der Waals surface area contributed by atoms with E-state index >= 15 is 0 Å². The predicted molar refractivity (Wildman–Crippen MR) is 72.1 cm³/mol. The van der Waals surface area contributed by atoms with Crippen molar-refractivity contribution in [1.82, 2.24) is 5.32 Å². The summed E-state index contributed by atoms with van der Waals surface area (Å²) in [5.41, 5.74) is 0. The second kappa shape index (κ2) is 5.83.